The summed E-state index contributed by atoms with van der Waals surface area (Å²) in [7, 11) is 0. The highest BCUT2D eigenvalue weighted by Gasteiger charge is 2.59. The van der Waals surface area contributed by atoms with E-state index in [9.17, 15) is 45.6 Å². The van der Waals surface area contributed by atoms with Crippen molar-refractivity contribution in [1.82, 2.24) is 0 Å². The van der Waals surface area contributed by atoms with Gasteiger partial charge in [-0.25, -0.2) is 0 Å². The average molecular weight is 466 g/mol. The van der Waals surface area contributed by atoms with Gasteiger partial charge in [-0.05, 0) is 6.92 Å². The van der Waals surface area contributed by atoms with E-state index in [2.05, 4.69) is 0 Å². The first-order chi connectivity index (χ1) is 15.0. The van der Waals surface area contributed by atoms with Gasteiger partial charge in [0.1, 0.15) is 49.3 Å². The van der Waals surface area contributed by atoms with Crippen molar-refractivity contribution in [1.29, 1.82) is 0 Å². The van der Waals surface area contributed by atoms with Crippen molar-refractivity contribution >= 4 is 0 Å². The maximum Gasteiger partial charge on any atom is 0.288 e. The number of hydrogen-bond acceptors (Lipinski definition) is 14. The van der Waals surface area contributed by atoms with E-state index in [0.717, 1.165) is 6.07 Å². The molecule has 3 rings (SSSR count). The minimum atomic E-state index is -2.33. The van der Waals surface area contributed by atoms with Crippen LogP contribution in [-0.4, -0.2) is 115 Å². The van der Waals surface area contributed by atoms with Gasteiger partial charge in [-0.2, -0.15) is 0 Å². The van der Waals surface area contributed by atoms with Crippen molar-refractivity contribution in [2.75, 3.05) is 19.8 Å². The van der Waals surface area contributed by atoms with Crippen LogP contribution in [0.5, 0.6) is 11.7 Å². The van der Waals surface area contributed by atoms with Crippen LogP contribution in [0.3, 0.4) is 0 Å². The number of aliphatic hydroxyl groups is 7. The maximum absolute atomic E-state index is 11.7. The largest absolute Gasteiger partial charge is 0.502 e. The monoisotopic (exact) mass is 466 g/mol. The average Bonchev–Trinajstić information content (AvgIpc) is 3.01. The van der Waals surface area contributed by atoms with E-state index in [1.165, 1.54) is 6.92 Å². The van der Waals surface area contributed by atoms with Crippen molar-refractivity contribution in [3.05, 3.63) is 22.0 Å². The molecular formula is C18H26O14. The van der Waals surface area contributed by atoms with Gasteiger partial charge in [-0.15, -0.1) is 0 Å². The quantitative estimate of drug-likeness (QED) is 0.190. The molecule has 8 N–H and O–H groups in total. The van der Waals surface area contributed by atoms with Crippen LogP contribution < -0.4 is 10.2 Å². The summed E-state index contributed by atoms with van der Waals surface area (Å²) in [5.41, 5.74) is -0.825. The second-order valence-electron chi connectivity index (χ2n) is 7.52. The molecule has 0 radical (unpaired) electrons. The second-order valence-corrected chi connectivity index (χ2v) is 7.52. The Bertz CT molecular complexity index is 841. The third-order valence-electron chi connectivity index (χ3n) is 5.34. The molecule has 32 heavy (non-hydrogen) atoms. The van der Waals surface area contributed by atoms with E-state index >= 15 is 0 Å². The summed E-state index contributed by atoms with van der Waals surface area (Å²) in [5.74, 6) is -3.56. The summed E-state index contributed by atoms with van der Waals surface area (Å²) < 4.78 is 26.7. The first-order valence-corrected chi connectivity index (χ1v) is 9.64. The molecule has 0 aromatic carbocycles. The topological polar surface area (TPSA) is 229 Å². The highest BCUT2D eigenvalue weighted by atomic mass is 16.8. The zero-order valence-electron chi connectivity index (χ0n) is 16.8. The van der Waals surface area contributed by atoms with Crippen LogP contribution in [0.25, 0.3) is 0 Å². The Morgan fingerprint density at radius 1 is 1.00 bits per heavy atom. The molecule has 3 heterocycles. The first kappa shape index (κ1) is 24.8. The van der Waals surface area contributed by atoms with Gasteiger partial charge in [0.05, 0.1) is 19.3 Å². The fourth-order valence-electron chi connectivity index (χ4n) is 3.44. The molecule has 0 unspecified atom stereocenters. The van der Waals surface area contributed by atoms with Gasteiger partial charge in [0.15, 0.2) is 12.1 Å². The number of aliphatic hydroxyl groups excluding tert-OH is 7. The molecular weight excluding hydrogens is 440 g/mol. The SMILES string of the molecule is Cc1oc(OC[C@@]2(O[C@H]3O[C@H](CO)[C@@H](O)[C@H](O)[C@H]3O)O[C@H](CO)[C@@H](O)[C@@H]2O)cc(=O)c1O. The van der Waals surface area contributed by atoms with Gasteiger partial charge >= 0.3 is 0 Å². The summed E-state index contributed by atoms with van der Waals surface area (Å²) in [6.45, 7) is -0.997. The number of rotatable bonds is 7. The van der Waals surface area contributed by atoms with E-state index in [0.29, 0.717) is 0 Å². The molecule has 182 valence electrons. The Kier molecular flexibility index (Phi) is 7.41. The summed E-state index contributed by atoms with van der Waals surface area (Å²) in [4.78, 5) is 11.7. The second kappa shape index (κ2) is 9.56. The Hall–Kier alpha value is -1.85. The number of ether oxygens (including phenoxy) is 4. The van der Waals surface area contributed by atoms with Crippen LogP contribution in [-0.2, 0) is 14.2 Å². The molecule has 14 nitrogen and oxygen atoms in total. The minimum Gasteiger partial charge on any atom is -0.502 e. The third-order valence-corrected chi connectivity index (χ3v) is 5.34. The van der Waals surface area contributed by atoms with Crippen molar-refractivity contribution in [2.45, 2.75) is 61.7 Å². The summed E-state index contributed by atoms with van der Waals surface area (Å²) in [5, 5.41) is 79.2. The zero-order valence-corrected chi connectivity index (χ0v) is 16.8. The molecule has 1 aromatic rings. The molecule has 2 aliphatic heterocycles. The van der Waals surface area contributed by atoms with Crippen LogP contribution in [0.2, 0.25) is 0 Å². The van der Waals surface area contributed by atoms with Crippen LogP contribution in [0.15, 0.2) is 15.3 Å². The smallest absolute Gasteiger partial charge is 0.288 e. The van der Waals surface area contributed by atoms with Crippen molar-refractivity contribution < 1.29 is 64.2 Å². The number of aromatic hydroxyl groups is 1. The van der Waals surface area contributed by atoms with E-state index in [1.54, 1.807) is 0 Å². The molecule has 1 aromatic heterocycles. The highest BCUT2D eigenvalue weighted by molar-refractivity contribution is 5.25. The van der Waals surface area contributed by atoms with Crippen LogP contribution in [0, 0.1) is 6.92 Å². The van der Waals surface area contributed by atoms with Gasteiger partial charge in [0.25, 0.3) is 5.95 Å². The minimum absolute atomic E-state index is 0.169. The lowest BCUT2D eigenvalue weighted by Gasteiger charge is -2.43. The predicted octanol–water partition coefficient (Wildman–Crippen LogP) is -4.34. The summed E-state index contributed by atoms with van der Waals surface area (Å²) >= 11 is 0. The van der Waals surface area contributed by atoms with E-state index < -0.39 is 91.8 Å². The lowest BCUT2D eigenvalue weighted by Crippen LogP contribution is -2.63. The van der Waals surface area contributed by atoms with Gasteiger partial charge < -0.3 is 64.2 Å². The Balaban J connectivity index is 1.88. The molecule has 14 heteroatoms. The van der Waals surface area contributed by atoms with Crippen LogP contribution in [0.4, 0.5) is 0 Å². The zero-order chi connectivity index (χ0) is 23.8. The summed E-state index contributed by atoms with van der Waals surface area (Å²) in [6.07, 6.45) is -13.4. The maximum atomic E-state index is 11.7. The Morgan fingerprint density at radius 3 is 2.22 bits per heavy atom. The van der Waals surface area contributed by atoms with E-state index in [-0.39, 0.29) is 5.76 Å². The van der Waals surface area contributed by atoms with Crippen molar-refractivity contribution in [3.63, 3.8) is 0 Å². The fraction of sp³-hybridized carbons (Fsp3) is 0.722. The van der Waals surface area contributed by atoms with Gasteiger partial charge in [-0.3, -0.25) is 4.79 Å². The number of hydrogen-bond donors (Lipinski definition) is 8. The van der Waals surface area contributed by atoms with Gasteiger partial charge in [0.2, 0.25) is 17.0 Å². The van der Waals surface area contributed by atoms with Crippen LogP contribution >= 0.6 is 0 Å². The molecule has 2 aliphatic rings. The summed E-state index contributed by atoms with van der Waals surface area (Å²) in [6, 6.07) is 0.797. The molecule has 0 bridgehead atoms. The molecule has 0 spiro atoms. The van der Waals surface area contributed by atoms with Crippen molar-refractivity contribution in [3.8, 4) is 11.7 Å². The Morgan fingerprint density at radius 2 is 1.66 bits per heavy atom. The van der Waals surface area contributed by atoms with Crippen LogP contribution in [0.1, 0.15) is 5.76 Å². The molecule has 2 saturated heterocycles. The standard InChI is InChI=1S/C18H26O14/c1-6-11(22)7(21)2-10(29-6)28-5-18(16(27)13(24)9(4-20)31-18)32-17-15(26)14(25)12(23)8(3-19)30-17/h2,8-9,12-17,19-20,22-27H,3-5H2,1H3/t8-,9-,12-,13-,14+,15-,16+,17-,18+/m1/s1. The molecule has 0 saturated carbocycles. The molecule has 0 aliphatic carbocycles. The predicted molar refractivity (Wildman–Crippen MR) is 98.4 cm³/mol. The van der Waals surface area contributed by atoms with E-state index in [1.807, 2.05) is 0 Å². The highest BCUT2D eigenvalue weighted by Crippen LogP contribution is 2.37. The normalized spacial score (nSPS) is 39.9. The Labute approximate surface area is 180 Å². The third kappa shape index (κ3) is 4.47. The van der Waals surface area contributed by atoms with E-state index in [4.69, 9.17) is 23.4 Å². The lowest BCUT2D eigenvalue weighted by atomic mass is 9.99. The molecule has 9 atom stereocenters. The fourth-order valence-corrected chi connectivity index (χ4v) is 3.44. The molecule has 2 fully saturated rings. The van der Waals surface area contributed by atoms with Gasteiger partial charge in [-0.1, -0.05) is 0 Å². The van der Waals surface area contributed by atoms with Crippen molar-refractivity contribution in [2.24, 2.45) is 0 Å². The molecule has 0 amide bonds. The lowest BCUT2D eigenvalue weighted by molar-refractivity contribution is -0.382. The number of aryl methyl sites for hydroxylation is 1. The first-order valence-electron chi connectivity index (χ1n) is 9.64. The van der Waals surface area contributed by atoms with Gasteiger partial charge in [0, 0.05) is 0 Å².